The summed E-state index contributed by atoms with van der Waals surface area (Å²) in [4.78, 5) is 24.8. The van der Waals surface area contributed by atoms with Crippen LogP contribution >= 0.6 is 0 Å². The topological polar surface area (TPSA) is 131 Å². The monoisotopic (exact) mass is 541 g/mol. The van der Waals surface area contributed by atoms with Gasteiger partial charge in [0, 0.05) is 31.0 Å². The van der Waals surface area contributed by atoms with Crippen molar-refractivity contribution in [2.75, 3.05) is 50.5 Å². The minimum atomic E-state index is -0.125. The van der Waals surface area contributed by atoms with Crippen LogP contribution < -0.4 is 21.3 Å². The van der Waals surface area contributed by atoms with E-state index in [0.29, 0.717) is 46.9 Å². The Morgan fingerprint density at radius 2 is 1.95 bits per heavy atom. The molecule has 0 atom stereocenters. The molecule has 10 nitrogen and oxygen atoms in total. The Morgan fingerprint density at radius 3 is 2.75 bits per heavy atom. The van der Waals surface area contributed by atoms with E-state index in [2.05, 4.69) is 20.2 Å². The van der Waals surface area contributed by atoms with Crippen molar-refractivity contribution in [1.29, 1.82) is 5.41 Å². The fourth-order valence-electron chi connectivity index (χ4n) is 5.04. The number of aryl methyl sites for hydroxylation is 1. The summed E-state index contributed by atoms with van der Waals surface area (Å²) in [7, 11) is 0. The second kappa shape index (κ2) is 12.3. The number of nitrogens with zero attached hydrogens (tertiary/aromatic N) is 4. The number of hydrogen-bond donors (Lipinski definition) is 3. The number of aromatic nitrogens is 3. The average Bonchev–Trinajstić information content (AvgIpc) is 2.97. The van der Waals surface area contributed by atoms with Crippen LogP contribution in [0.5, 0.6) is 5.75 Å². The van der Waals surface area contributed by atoms with Crippen molar-refractivity contribution in [3.63, 3.8) is 0 Å². The van der Waals surface area contributed by atoms with Crippen LogP contribution in [0.4, 0.5) is 11.6 Å². The van der Waals surface area contributed by atoms with Gasteiger partial charge in [-0.25, -0.2) is 9.97 Å². The van der Waals surface area contributed by atoms with Crippen molar-refractivity contribution in [3.8, 4) is 11.4 Å². The van der Waals surface area contributed by atoms with Crippen molar-refractivity contribution >= 4 is 28.1 Å². The first-order valence-corrected chi connectivity index (χ1v) is 13.6. The Morgan fingerprint density at radius 1 is 1.15 bits per heavy atom. The molecule has 0 saturated carbocycles. The number of nitrogens with two attached hydrogens (primary N) is 1. The second-order valence-electron chi connectivity index (χ2n) is 9.75. The number of ether oxygens (including phenoxy) is 2. The molecule has 208 valence electrons. The fourth-order valence-corrected chi connectivity index (χ4v) is 5.04. The molecule has 0 radical (unpaired) electrons. The van der Waals surface area contributed by atoms with Gasteiger partial charge in [-0.2, -0.15) is 0 Å². The van der Waals surface area contributed by atoms with Crippen LogP contribution in [-0.4, -0.2) is 64.6 Å². The minimum Gasteiger partial charge on any atom is -0.490 e. The molecule has 0 bridgehead atoms. The third-order valence-corrected chi connectivity index (χ3v) is 7.18. The van der Waals surface area contributed by atoms with E-state index in [9.17, 15) is 4.79 Å². The second-order valence-corrected chi connectivity index (χ2v) is 9.75. The normalized spacial score (nSPS) is 13.8. The van der Waals surface area contributed by atoms with Crippen molar-refractivity contribution < 1.29 is 9.47 Å². The summed E-state index contributed by atoms with van der Waals surface area (Å²) < 4.78 is 13.4. The van der Waals surface area contributed by atoms with Crippen LogP contribution in [0.2, 0.25) is 0 Å². The van der Waals surface area contributed by atoms with Gasteiger partial charge in [0.2, 0.25) is 0 Å². The van der Waals surface area contributed by atoms with Crippen LogP contribution in [0.3, 0.4) is 0 Å². The number of fused-ring (bicyclic) bond motifs is 1. The highest BCUT2D eigenvalue weighted by molar-refractivity contribution is 6.05. The predicted octanol–water partition coefficient (Wildman–Crippen LogP) is 3.77. The molecule has 1 saturated heterocycles. The maximum Gasteiger partial charge on any atom is 0.263 e. The van der Waals surface area contributed by atoms with Crippen molar-refractivity contribution in [2.45, 2.75) is 26.8 Å². The largest absolute Gasteiger partial charge is 0.490 e. The van der Waals surface area contributed by atoms with Crippen LogP contribution in [0.25, 0.3) is 16.5 Å². The van der Waals surface area contributed by atoms with Gasteiger partial charge in [0.1, 0.15) is 30.3 Å². The zero-order chi connectivity index (χ0) is 28.1. The lowest BCUT2D eigenvalue weighted by atomic mass is 10.1. The molecular formula is C30H35N7O3. The van der Waals surface area contributed by atoms with Gasteiger partial charge >= 0.3 is 0 Å². The summed E-state index contributed by atoms with van der Waals surface area (Å²) >= 11 is 0. The molecule has 4 N–H and O–H groups in total. The molecule has 40 heavy (non-hydrogen) atoms. The first-order valence-electron chi connectivity index (χ1n) is 13.6. The Bertz CT molecular complexity index is 1580. The SMILES string of the molecule is CCC(=N)c1c(N)ncnc1NCc1cc2cccc(C)c2c(=O)n1-c1ccccc1OCCN1CCOCC1. The Hall–Kier alpha value is -4.28. The van der Waals surface area contributed by atoms with Gasteiger partial charge in [0.25, 0.3) is 5.56 Å². The maximum atomic E-state index is 14.1. The number of hydrogen-bond acceptors (Lipinski definition) is 9. The Labute approximate surface area is 233 Å². The number of nitrogens with one attached hydrogen (secondary N) is 2. The average molecular weight is 542 g/mol. The Balaban J connectivity index is 1.53. The van der Waals surface area contributed by atoms with Gasteiger partial charge < -0.3 is 25.9 Å². The summed E-state index contributed by atoms with van der Waals surface area (Å²) in [5.74, 6) is 1.33. The van der Waals surface area contributed by atoms with Crippen LogP contribution in [-0.2, 0) is 11.3 Å². The third kappa shape index (κ3) is 5.68. The number of anilines is 2. The lowest BCUT2D eigenvalue weighted by molar-refractivity contribution is 0.0322. The highest BCUT2D eigenvalue weighted by atomic mass is 16.5. The van der Waals surface area contributed by atoms with E-state index in [0.717, 1.165) is 49.5 Å². The van der Waals surface area contributed by atoms with Gasteiger partial charge in [-0.05, 0) is 42.5 Å². The molecule has 0 unspecified atom stereocenters. The molecular weight excluding hydrogens is 506 g/mol. The van der Waals surface area contributed by atoms with Crippen LogP contribution in [0.1, 0.15) is 30.2 Å². The van der Waals surface area contributed by atoms with E-state index in [4.69, 9.17) is 20.6 Å². The zero-order valence-corrected chi connectivity index (χ0v) is 22.9. The smallest absolute Gasteiger partial charge is 0.263 e. The molecule has 1 fully saturated rings. The molecule has 1 aliphatic rings. The number of benzene rings is 2. The summed E-state index contributed by atoms with van der Waals surface area (Å²) in [5, 5.41) is 13.2. The van der Waals surface area contributed by atoms with E-state index in [1.165, 1.54) is 6.33 Å². The number of rotatable bonds is 10. The van der Waals surface area contributed by atoms with Gasteiger partial charge in [-0.15, -0.1) is 0 Å². The summed E-state index contributed by atoms with van der Waals surface area (Å²) in [6, 6.07) is 15.5. The standard InChI is InChI=1S/C30H35N7O3/c1-3-23(31)27-28(32)34-19-35-29(27)33-18-22-17-21-8-6-7-20(2)26(21)30(38)37(22)24-9-4-5-10-25(24)40-16-13-36-11-14-39-15-12-36/h4-10,17,19,31H,3,11-16,18H2,1-2H3,(H3,32,33,34,35). The van der Waals surface area contributed by atoms with E-state index in [-0.39, 0.29) is 17.9 Å². The molecule has 2 aromatic heterocycles. The highest BCUT2D eigenvalue weighted by Gasteiger charge is 2.18. The highest BCUT2D eigenvalue weighted by Crippen LogP contribution is 2.27. The zero-order valence-electron chi connectivity index (χ0n) is 22.9. The van der Waals surface area contributed by atoms with Gasteiger partial charge in [0.15, 0.2) is 0 Å². The predicted molar refractivity (Wildman–Crippen MR) is 158 cm³/mol. The van der Waals surface area contributed by atoms with E-state index in [1.807, 2.05) is 62.4 Å². The van der Waals surface area contributed by atoms with Crippen LogP contribution in [0.15, 0.2) is 59.7 Å². The third-order valence-electron chi connectivity index (χ3n) is 7.18. The number of pyridine rings is 1. The molecule has 0 amide bonds. The first kappa shape index (κ1) is 27.3. The molecule has 0 spiro atoms. The van der Waals surface area contributed by atoms with E-state index < -0.39 is 0 Å². The first-order chi connectivity index (χ1) is 19.5. The number of nitrogen functional groups attached to an aromatic ring is 1. The molecule has 1 aliphatic heterocycles. The van der Waals surface area contributed by atoms with Gasteiger partial charge in [-0.1, -0.05) is 37.3 Å². The van der Waals surface area contributed by atoms with Crippen LogP contribution in [0, 0.1) is 12.3 Å². The van der Waals surface area contributed by atoms with Gasteiger partial charge in [0.05, 0.1) is 36.4 Å². The van der Waals surface area contributed by atoms with E-state index >= 15 is 0 Å². The van der Waals surface area contributed by atoms with Gasteiger partial charge in [-0.3, -0.25) is 14.3 Å². The molecule has 2 aromatic carbocycles. The van der Waals surface area contributed by atoms with E-state index in [1.54, 1.807) is 4.57 Å². The van der Waals surface area contributed by atoms with Crippen molar-refractivity contribution in [3.05, 3.63) is 82.0 Å². The minimum absolute atomic E-state index is 0.125. The molecule has 10 heteroatoms. The number of morpholine rings is 1. The molecule has 0 aliphatic carbocycles. The summed E-state index contributed by atoms with van der Waals surface area (Å²) in [6.07, 6.45) is 1.86. The quantitative estimate of drug-likeness (QED) is 0.259. The maximum absolute atomic E-state index is 14.1. The lowest BCUT2D eigenvalue weighted by Crippen LogP contribution is -2.38. The lowest BCUT2D eigenvalue weighted by Gasteiger charge is -2.26. The van der Waals surface area contributed by atoms with Crippen molar-refractivity contribution in [1.82, 2.24) is 19.4 Å². The Kier molecular flexibility index (Phi) is 8.37. The molecule has 3 heterocycles. The van der Waals surface area contributed by atoms with Crippen molar-refractivity contribution in [2.24, 2.45) is 0 Å². The number of para-hydroxylation sites is 2. The molecule has 5 rings (SSSR count). The molecule has 4 aromatic rings. The summed E-state index contributed by atoms with van der Waals surface area (Å²) in [5.41, 5.74) is 9.09. The summed E-state index contributed by atoms with van der Waals surface area (Å²) in [6.45, 7) is 8.60. The fraction of sp³-hybridized carbons (Fsp3) is 0.333.